The zero-order valence-electron chi connectivity index (χ0n) is 8.79. The maximum Gasteiger partial charge on any atom is 0.253 e. The molecular weight excluding hydrogens is 190 g/mol. The SMILES string of the molecule is Cc1c[nH]c(=O)c2c1NC(C)C(C#N)C2. The number of hydrogen-bond acceptors (Lipinski definition) is 3. The number of nitriles is 1. The van der Waals surface area contributed by atoms with Gasteiger partial charge in [0.2, 0.25) is 0 Å². The largest absolute Gasteiger partial charge is 0.381 e. The van der Waals surface area contributed by atoms with Crippen LogP contribution in [0.2, 0.25) is 0 Å². The zero-order chi connectivity index (χ0) is 11.0. The van der Waals surface area contributed by atoms with Crippen molar-refractivity contribution in [2.24, 2.45) is 5.92 Å². The number of aryl methyl sites for hydroxylation is 1. The molecule has 2 rings (SSSR count). The first-order valence-corrected chi connectivity index (χ1v) is 5.00. The lowest BCUT2D eigenvalue weighted by molar-refractivity contribution is 0.551. The van der Waals surface area contributed by atoms with Crippen molar-refractivity contribution in [2.45, 2.75) is 26.3 Å². The second-order valence-electron chi connectivity index (χ2n) is 4.03. The molecule has 78 valence electrons. The summed E-state index contributed by atoms with van der Waals surface area (Å²) in [5.41, 5.74) is 2.54. The molecule has 4 nitrogen and oxygen atoms in total. The van der Waals surface area contributed by atoms with Gasteiger partial charge in [-0.15, -0.1) is 0 Å². The maximum absolute atomic E-state index is 11.6. The minimum Gasteiger partial charge on any atom is -0.381 e. The fraction of sp³-hybridized carbons (Fsp3) is 0.455. The molecule has 0 saturated heterocycles. The van der Waals surface area contributed by atoms with Gasteiger partial charge in [0.25, 0.3) is 5.56 Å². The Hall–Kier alpha value is -1.76. The number of rotatable bonds is 0. The van der Waals surface area contributed by atoms with Crippen molar-refractivity contribution in [1.29, 1.82) is 5.26 Å². The van der Waals surface area contributed by atoms with E-state index in [9.17, 15) is 4.79 Å². The Balaban J connectivity index is 2.54. The number of aromatic nitrogens is 1. The highest BCUT2D eigenvalue weighted by molar-refractivity contribution is 5.58. The Morgan fingerprint density at radius 1 is 1.60 bits per heavy atom. The van der Waals surface area contributed by atoms with Crippen molar-refractivity contribution in [3.05, 3.63) is 27.7 Å². The van der Waals surface area contributed by atoms with Crippen LogP contribution in [-0.2, 0) is 6.42 Å². The molecule has 0 saturated carbocycles. The van der Waals surface area contributed by atoms with Gasteiger partial charge in [-0.2, -0.15) is 5.26 Å². The first-order valence-electron chi connectivity index (χ1n) is 5.00. The van der Waals surface area contributed by atoms with Crippen LogP contribution in [0, 0.1) is 24.2 Å². The summed E-state index contributed by atoms with van der Waals surface area (Å²) in [6, 6.07) is 2.33. The molecule has 4 heteroatoms. The summed E-state index contributed by atoms with van der Waals surface area (Å²) in [4.78, 5) is 14.3. The average Bonchev–Trinajstić information content (AvgIpc) is 2.23. The summed E-state index contributed by atoms with van der Waals surface area (Å²) in [6.45, 7) is 3.92. The predicted octanol–water partition coefficient (Wildman–Crippen LogP) is 1.18. The number of hydrogen-bond donors (Lipinski definition) is 2. The molecule has 0 radical (unpaired) electrons. The summed E-state index contributed by atoms with van der Waals surface area (Å²) in [7, 11) is 0. The van der Waals surface area contributed by atoms with Crippen molar-refractivity contribution < 1.29 is 0 Å². The lowest BCUT2D eigenvalue weighted by Crippen LogP contribution is -2.35. The molecule has 1 aromatic heterocycles. The Bertz CT molecular complexity index is 484. The van der Waals surface area contributed by atoms with Crippen LogP contribution in [0.3, 0.4) is 0 Å². The number of pyridine rings is 1. The van der Waals surface area contributed by atoms with E-state index in [-0.39, 0.29) is 17.5 Å². The van der Waals surface area contributed by atoms with E-state index in [1.165, 1.54) is 0 Å². The molecule has 0 spiro atoms. The van der Waals surface area contributed by atoms with E-state index in [1.54, 1.807) is 6.20 Å². The highest BCUT2D eigenvalue weighted by Gasteiger charge is 2.27. The van der Waals surface area contributed by atoms with Crippen LogP contribution in [0.4, 0.5) is 5.69 Å². The molecular formula is C11H13N3O. The highest BCUT2D eigenvalue weighted by Crippen LogP contribution is 2.27. The fourth-order valence-corrected chi connectivity index (χ4v) is 1.96. The van der Waals surface area contributed by atoms with E-state index in [1.807, 2.05) is 13.8 Å². The molecule has 0 aliphatic carbocycles. The molecule has 0 bridgehead atoms. The summed E-state index contributed by atoms with van der Waals surface area (Å²) in [5.74, 6) is -0.125. The van der Waals surface area contributed by atoms with Crippen molar-refractivity contribution in [2.75, 3.05) is 5.32 Å². The van der Waals surface area contributed by atoms with E-state index >= 15 is 0 Å². The molecule has 2 unspecified atom stereocenters. The third-order valence-corrected chi connectivity index (χ3v) is 2.96. The molecule has 2 N–H and O–H groups in total. The number of nitrogens with zero attached hydrogens (tertiary/aromatic N) is 1. The van der Waals surface area contributed by atoms with Gasteiger partial charge in [0.15, 0.2) is 0 Å². The van der Waals surface area contributed by atoms with Crippen LogP contribution < -0.4 is 10.9 Å². The molecule has 15 heavy (non-hydrogen) atoms. The maximum atomic E-state index is 11.6. The van der Waals surface area contributed by atoms with Gasteiger partial charge in [0.05, 0.1) is 12.0 Å². The van der Waals surface area contributed by atoms with E-state index in [0.717, 1.165) is 11.3 Å². The van der Waals surface area contributed by atoms with Crippen molar-refractivity contribution in [3.8, 4) is 6.07 Å². The van der Waals surface area contributed by atoms with Gasteiger partial charge in [-0.1, -0.05) is 0 Å². The standard InChI is InChI=1S/C11H13N3O/c1-6-5-13-11(15)9-3-8(4-12)7(2)14-10(6)9/h5,7-8,14H,3H2,1-2H3,(H,13,15). The molecule has 0 aromatic carbocycles. The number of anilines is 1. The fourth-order valence-electron chi connectivity index (χ4n) is 1.96. The van der Waals surface area contributed by atoms with Crippen LogP contribution in [-0.4, -0.2) is 11.0 Å². The summed E-state index contributed by atoms with van der Waals surface area (Å²) in [6.07, 6.45) is 2.24. The summed E-state index contributed by atoms with van der Waals surface area (Å²) < 4.78 is 0. The molecule has 1 aliphatic heterocycles. The Labute approximate surface area is 87.9 Å². The minimum absolute atomic E-state index is 0.0877. The lowest BCUT2D eigenvalue weighted by Gasteiger charge is -2.28. The Kier molecular flexibility index (Phi) is 2.24. The molecule has 2 atom stereocenters. The predicted molar refractivity (Wildman–Crippen MR) is 57.7 cm³/mol. The van der Waals surface area contributed by atoms with Crippen molar-refractivity contribution >= 4 is 5.69 Å². The average molecular weight is 203 g/mol. The normalized spacial score (nSPS) is 23.8. The van der Waals surface area contributed by atoms with Gasteiger partial charge in [0, 0.05) is 23.5 Å². The van der Waals surface area contributed by atoms with Crippen LogP contribution in [0.15, 0.2) is 11.0 Å². The number of nitrogens with one attached hydrogen (secondary N) is 2. The molecule has 1 aromatic rings. The third-order valence-electron chi connectivity index (χ3n) is 2.96. The zero-order valence-corrected chi connectivity index (χ0v) is 8.79. The molecule has 2 heterocycles. The Morgan fingerprint density at radius 2 is 2.33 bits per heavy atom. The van der Waals surface area contributed by atoms with E-state index in [2.05, 4.69) is 16.4 Å². The monoisotopic (exact) mass is 203 g/mol. The lowest BCUT2D eigenvalue weighted by atomic mass is 9.89. The highest BCUT2D eigenvalue weighted by atomic mass is 16.1. The Morgan fingerprint density at radius 3 is 3.00 bits per heavy atom. The minimum atomic E-state index is -0.125. The van der Waals surface area contributed by atoms with Gasteiger partial charge >= 0.3 is 0 Å². The number of aromatic amines is 1. The van der Waals surface area contributed by atoms with Crippen molar-refractivity contribution in [1.82, 2.24) is 4.98 Å². The van der Waals surface area contributed by atoms with Gasteiger partial charge in [-0.25, -0.2) is 0 Å². The first kappa shape index (κ1) is 9.78. The van der Waals surface area contributed by atoms with Gasteiger partial charge in [-0.05, 0) is 25.8 Å². The van der Waals surface area contributed by atoms with Crippen LogP contribution in [0.1, 0.15) is 18.1 Å². The van der Waals surface area contributed by atoms with E-state index < -0.39 is 0 Å². The molecule has 0 amide bonds. The van der Waals surface area contributed by atoms with Gasteiger partial charge in [0.1, 0.15) is 0 Å². The van der Waals surface area contributed by atoms with Crippen molar-refractivity contribution in [3.63, 3.8) is 0 Å². The van der Waals surface area contributed by atoms with E-state index in [4.69, 9.17) is 5.26 Å². The topological polar surface area (TPSA) is 68.7 Å². The number of fused-ring (bicyclic) bond motifs is 1. The van der Waals surface area contributed by atoms with E-state index in [0.29, 0.717) is 12.0 Å². The third kappa shape index (κ3) is 1.50. The molecule has 1 aliphatic rings. The second kappa shape index (κ2) is 3.43. The smallest absolute Gasteiger partial charge is 0.253 e. The first-order chi connectivity index (χ1) is 7.13. The molecule has 0 fully saturated rings. The van der Waals surface area contributed by atoms with Gasteiger partial charge in [-0.3, -0.25) is 4.79 Å². The van der Waals surface area contributed by atoms with Crippen LogP contribution in [0.25, 0.3) is 0 Å². The van der Waals surface area contributed by atoms with Gasteiger partial charge < -0.3 is 10.3 Å². The quantitative estimate of drug-likeness (QED) is 0.665. The van der Waals surface area contributed by atoms with Crippen LogP contribution >= 0.6 is 0 Å². The summed E-state index contributed by atoms with van der Waals surface area (Å²) in [5, 5.41) is 12.2. The summed E-state index contributed by atoms with van der Waals surface area (Å²) >= 11 is 0. The second-order valence-corrected chi connectivity index (χ2v) is 4.03. The van der Waals surface area contributed by atoms with Crippen LogP contribution in [0.5, 0.6) is 0 Å². The number of H-pyrrole nitrogens is 1.